The van der Waals surface area contributed by atoms with Gasteiger partial charge in [0.1, 0.15) is 0 Å². The Labute approximate surface area is 120 Å². The summed E-state index contributed by atoms with van der Waals surface area (Å²) in [5.74, 6) is 0.413. The molecule has 0 radical (unpaired) electrons. The van der Waals surface area contributed by atoms with Crippen molar-refractivity contribution in [3.8, 4) is 0 Å². The quantitative estimate of drug-likeness (QED) is 0.775. The topological polar surface area (TPSA) is 17.1 Å². The van der Waals surface area contributed by atoms with E-state index in [1.165, 1.54) is 11.1 Å². The molecule has 0 amide bonds. The number of Topliss-reactive ketones (excluding diaryl/α,β-unsaturated/α-hetero) is 1. The van der Waals surface area contributed by atoms with Crippen LogP contribution in [0.5, 0.6) is 0 Å². The molecule has 96 valence electrons. The van der Waals surface area contributed by atoms with Gasteiger partial charge in [-0.2, -0.15) is 0 Å². The summed E-state index contributed by atoms with van der Waals surface area (Å²) in [5, 5.41) is 0. The molecule has 2 heteroatoms. The predicted octanol–water partition coefficient (Wildman–Crippen LogP) is 3.54. The number of hydrogen-bond acceptors (Lipinski definition) is 1. The Hall–Kier alpha value is -1.37. The number of ketones is 1. The minimum atomic E-state index is 0.413. The van der Waals surface area contributed by atoms with Gasteiger partial charge >= 0.3 is 120 Å². The molecule has 2 aromatic carbocycles. The first-order valence-corrected chi connectivity index (χ1v) is 8.58. The molecule has 0 spiro atoms. The zero-order valence-electron chi connectivity index (χ0n) is 10.7. The number of benzene rings is 2. The summed E-state index contributed by atoms with van der Waals surface area (Å²) in [7, 11) is 0. The molecule has 0 aliphatic carbocycles. The van der Waals surface area contributed by atoms with Gasteiger partial charge in [0.05, 0.1) is 0 Å². The van der Waals surface area contributed by atoms with E-state index in [4.69, 9.17) is 0 Å². The van der Waals surface area contributed by atoms with Gasteiger partial charge < -0.3 is 0 Å². The first-order chi connectivity index (χ1) is 9.33. The molecule has 19 heavy (non-hydrogen) atoms. The Morgan fingerprint density at radius 2 is 1.16 bits per heavy atom. The molecule has 0 bridgehead atoms. The second kappa shape index (κ2) is 5.73. The van der Waals surface area contributed by atoms with E-state index in [1.54, 1.807) is 0 Å². The third-order valence-electron chi connectivity index (χ3n) is 3.50. The van der Waals surface area contributed by atoms with Crippen LogP contribution in [0.4, 0.5) is 0 Å². The summed E-state index contributed by atoms with van der Waals surface area (Å²) in [6.45, 7) is 0. The second-order valence-corrected chi connectivity index (χ2v) is 7.84. The van der Waals surface area contributed by atoms with Crippen molar-refractivity contribution >= 4 is 20.7 Å². The molecule has 1 aliphatic heterocycles. The van der Waals surface area contributed by atoms with Gasteiger partial charge in [0, 0.05) is 0 Å². The maximum atomic E-state index is 12.0. The van der Waals surface area contributed by atoms with Gasteiger partial charge in [-0.05, 0) is 0 Å². The summed E-state index contributed by atoms with van der Waals surface area (Å²) in [4.78, 5) is 12.9. The molecule has 0 N–H and O–H groups in total. The standard InChI is InChI=1S/C17H16OSe/c18-15-11-16(13-7-3-1-4-8-13)19-17(12-15)14-9-5-2-6-10-14/h1-10,16-17H,11-12H2. The minimum absolute atomic E-state index is 0.413. The number of rotatable bonds is 2. The fourth-order valence-corrected chi connectivity index (χ4v) is 5.85. The number of carbonyl (C=O) groups is 1. The monoisotopic (exact) mass is 316 g/mol. The van der Waals surface area contributed by atoms with Crippen LogP contribution in [0.25, 0.3) is 0 Å². The van der Waals surface area contributed by atoms with E-state index in [0.29, 0.717) is 30.4 Å². The molecule has 2 unspecified atom stereocenters. The van der Waals surface area contributed by atoms with Crippen LogP contribution >= 0.6 is 0 Å². The van der Waals surface area contributed by atoms with Gasteiger partial charge in [0.25, 0.3) is 0 Å². The second-order valence-electron chi connectivity index (χ2n) is 4.88. The normalized spacial score (nSPS) is 23.3. The molecule has 0 aromatic heterocycles. The Bertz CT molecular complexity index is 500. The van der Waals surface area contributed by atoms with Crippen molar-refractivity contribution in [1.29, 1.82) is 0 Å². The van der Waals surface area contributed by atoms with Crippen molar-refractivity contribution < 1.29 is 4.79 Å². The molecule has 0 saturated carbocycles. The van der Waals surface area contributed by atoms with Gasteiger partial charge in [-0.3, -0.25) is 0 Å². The van der Waals surface area contributed by atoms with Gasteiger partial charge in [0.15, 0.2) is 0 Å². The van der Waals surface area contributed by atoms with E-state index in [1.807, 2.05) is 12.1 Å². The molecule has 3 rings (SSSR count). The van der Waals surface area contributed by atoms with Gasteiger partial charge in [-0.1, -0.05) is 0 Å². The van der Waals surface area contributed by atoms with Gasteiger partial charge in [-0.15, -0.1) is 0 Å². The van der Waals surface area contributed by atoms with E-state index in [0.717, 1.165) is 12.8 Å². The molecule has 1 aliphatic rings. The molecule has 1 heterocycles. The van der Waals surface area contributed by atoms with Crippen LogP contribution in [0.3, 0.4) is 0 Å². The van der Waals surface area contributed by atoms with Crippen molar-refractivity contribution in [2.45, 2.75) is 22.5 Å². The average Bonchev–Trinajstić information content (AvgIpc) is 2.48. The van der Waals surface area contributed by atoms with E-state index >= 15 is 0 Å². The van der Waals surface area contributed by atoms with Gasteiger partial charge in [0.2, 0.25) is 0 Å². The predicted molar refractivity (Wildman–Crippen MR) is 78.4 cm³/mol. The van der Waals surface area contributed by atoms with E-state index < -0.39 is 0 Å². The molecule has 1 nitrogen and oxygen atoms in total. The number of carbonyl (C=O) groups excluding carboxylic acids is 1. The zero-order valence-corrected chi connectivity index (χ0v) is 12.4. The summed E-state index contributed by atoms with van der Waals surface area (Å²) in [6.07, 6.45) is 1.46. The van der Waals surface area contributed by atoms with Crippen molar-refractivity contribution in [2.24, 2.45) is 0 Å². The third kappa shape index (κ3) is 2.97. The third-order valence-corrected chi connectivity index (χ3v) is 6.72. The Morgan fingerprint density at radius 1 is 0.737 bits per heavy atom. The molecule has 1 fully saturated rings. The fourth-order valence-electron chi connectivity index (χ4n) is 2.52. The molecular formula is C17H16OSe. The summed E-state index contributed by atoms with van der Waals surface area (Å²) < 4.78 is 0. The average molecular weight is 315 g/mol. The van der Waals surface area contributed by atoms with Crippen LogP contribution in [-0.4, -0.2) is 20.7 Å². The molecular weight excluding hydrogens is 299 g/mol. The van der Waals surface area contributed by atoms with E-state index in [2.05, 4.69) is 48.5 Å². The SMILES string of the molecule is O=C1CC(c2ccccc2)[Se]C(c2ccccc2)C1. The van der Waals surface area contributed by atoms with Crippen LogP contribution in [0.1, 0.15) is 33.6 Å². The van der Waals surface area contributed by atoms with Crippen LogP contribution in [0, 0.1) is 0 Å². The molecule has 2 aromatic rings. The summed E-state index contributed by atoms with van der Waals surface area (Å²) >= 11 is 0.455. The van der Waals surface area contributed by atoms with Crippen molar-refractivity contribution in [3.05, 3.63) is 71.8 Å². The Kier molecular flexibility index (Phi) is 3.81. The Morgan fingerprint density at radius 3 is 1.58 bits per heavy atom. The van der Waals surface area contributed by atoms with Crippen LogP contribution < -0.4 is 0 Å². The van der Waals surface area contributed by atoms with Crippen LogP contribution in [0.15, 0.2) is 60.7 Å². The first-order valence-electron chi connectivity index (χ1n) is 6.60. The van der Waals surface area contributed by atoms with Crippen molar-refractivity contribution in [1.82, 2.24) is 0 Å². The molecule has 2 atom stereocenters. The number of hydrogen-bond donors (Lipinski definition) is 0. The van der Waals surface area contributed by atoms with E-state index in [9.17, 15) is 4.79 Å². The maximum absolute atomic E-state index is 12.0. The van der Waals surface area contributed by atoms with Crippen LogP contribution in [0.2, 0.25) is 0 Å². The summed E-state index contributed by atoms with van der Waals surface area (Å²) in [5.41, 5.74) is 2.66. The van der Waals surface area contributed by atoms with Crippen molar-refractivity contribution in [2.75, 3.05) is 0 Å². The summed E-state index contributed by atoms with van der Waals surface area (Å²) in [6, 6.07) is 21.0. The van der Waals surface area contributed by atoms with E-state index in [-0.39, 0.29) is 0 Å². The first kappa shape index (κ1) is 12.7. The Balaban J connectivity index is 1.84. The van der Waals surface area contributed by atoms with Gasteiger partial charge in [-0.25, -0.2) is 0 Å². The van der Waals surface area contributed by atoms with Crippen LogP contribution in [-0.2, 0) is 4.79 Å². The molecule has 1 saturated heterocycles. The fraction of sp³-hybridized carbons (Fsp3) is 0.235. The zero-order chi connectivity index (χ0) is 13.1. The van der Waals surface area contributed by atoms with Crippen molar-refractivity contribution in [3.63, 3.8) is 0 Å².